The maximum absolute atomic E-state index is 13.4. The number of hydrogen-bond acceptors (Lipinski definition) is 7. The first-order valence-electron chi connectivity index (χ1n) is 12.3. The molecule has 1 unspecified atom stereocenters. The first-order chi connectivity index (χ1) is 18.0. The third-order valence-corrected chi connectivity index (χ3v) is 7.37. The van der Waals surface area contributed by atoms with Crippen molar-refractivity contribution < 1.29 is 19.4 Å². The number of aryl methyl sites for hydroxylation is 1. The van der Waals surface area contributed by atoms with E-state index in [0.717, 1.165) is 35.0 Å². The normalized spacial score (nSPS) is 17.0. The van der Waals surface area contributed by atoms with Gasteiger partial charge in [0.2, 0.25) is 0 Å². The number of fused-ring (bicyclic) bond motifs is 1. The maximum atomic E-state index is 13.4. The Morgan fingerprint density at radius 3 is 2.54 bits per heavy atom. The van der Waals surface area contributed by atoms with E-state index in [2.05, 4.69) is 16.9 Å². The number of ketones is 1. The number of unbranched alkanes of at least 4 members (excludes halogenated alkanes) is 2. The van der Waals surface area contributed by atoms with E-state index in [1.54, 1.807) is 12.1 Å². The van der Waals surface area contributed by atoms with Gasteiger partial charge in [-0.05, 0) is 60.9 Å². The average molecular weight is 514 g/mol. The second-order valence-electron chi connectivity index (χ2n) is 9.00. The monoisotopic (exact) mass is 513 g/mol. The molecule has 188 valence electrons. The Labute approximate surface area is 219 Å². The quantitative estimate of drug-likeness (QED) is 0.131. The molecule has 1 saturated heterocycles. The second-order valence-corrected chi connectivity index (χ2v) is 10.0. The summed E-state index contributed by atoms with van der Waals surface area (Å²) >= 11 is 1.34. The van der Waals surface area contributed by atoms with E-state index in [4.69, 9.17) is 4.74 Å². The van der Waals surface area contributed by atoms with E-state index in [0.29, 0.717) is 28.6 Å². The Morgan fingerprint density at radius 1 is 1.05 bits per heavy atom. The molecule has 0 spiro atoms. The highest BCUT2D eigenvalue weighted by Gasteiger charge is 2.48. The molecule has 0 radical (unpaired) electrons. The van der Waals surface area contributed by atoms with Crippen LogP contribution in [0.2, 0.25) is 0 Å². The van der Waals surface area contributed by atoms with Gasteiger partial charge in [-0.15, -0.1) is 0 Å². The zero-order valence-corrected chi connectivity index (χ0v) is 21.5. The van der Waals surface area contributed by atoms with Gasteiger partial charge < -0.3 is 9.84 Å². The van der Waals surface area contributed by atoms with Crippen LogP contribution in [-0.4, -0.2) is 33.4 Å². The molecule has 37 heavy (non-hydrogen) atoms. The number of aromatic nitrogens is 2. The fourth-order valence-electron chi connectivity index (χ4n) is 4.42. The first-order valence-corrected chi connectivity index (χ1v) is 13.1. The number of aliphatic hydroxyl groups is 1. The molecular formula is C29H27N3O4S. The van der Waals surface area contributed by atoms with Gasteiger partial charge in [0.05, 0.1) is 28.4 Å². The van der Waals surface area contributed by atoms with Crippen molar-refractivity contribution >= 4 is 44.1 Å². The number of aliphatic hydroxyl groups excluding tert-OH is 1. The van der Waals surface area contributed by atoms with Gasteiger partial charge in [0.15, 0.2) is 5.13 Å². The van der Waals surface area contributed by atoms with Gasteiger partial charge in [-0.25, -0.2) is 4.98 Å². The number of hydrogen-bond donors (Lipinski definition) is 1. The summed E-state index contributed by atoms with van der Waals surface area (Å²) in [6, 6.07) is 15.5. The maximum Gasteiger partial charge on any atom is 0.301 e. The summed E-state index contributed by atoms with van der Waals surface area (Å²) in [4.78, 5) is 36.8. The fourth-order valence-corrected chi connectivity index (χ4v) is 5.51. The summed E-state index contributed by atoms with van der Waals surface area (Å²) < 4.78 is 6.77. The Morgan fingerprint density at radius 2 is 1.81 bits per heavy atom. The van der Waals surface area contributed by atoms with Gasteiger partial charge in [-0.2, -0.15) is 0 Å². The summed E-state index contributed by atoms with van der Waals surface area (Å²) in [5, 5.41) is 11.6. The molecule has 8 heteroatoms. The minimum atomic E-state index is -0.844. The van der Waals surface area contributed by atoms with Crippen molar-refractivity contribution in [2.75, 3.05) is 11.5 Å². The van der Waals surface area contributed by atoms with Crippen molar-refractivity contribution in [3.63, 3.8) is 0 Å². The zero-order chi connectivity index (χ0) is 25.9. The summed E-state index contributed by atoms with van der Waals surface area (Å²) in [6.45, 7) is 4.76. The molecule has 0 saturated carbocycles. The highest BCUT2D eigenvalue weighted by Crippen LogP contribution is 2.44. The third-order valence-electron chi connectivity index (χ3n) is 6.35. The van der Waals surface area contributed by atoms with E-state index in [-0.39, 0.29) is 11.3 Å². The molecule has 2 aromatic carbocycles. The molecule has 1 fully saturated rings. The molecule has 1 amide bonds. The molecule has 1 atom stereocenters. The molecule has 1 aliphatic heterocycles. The van der Waals surface area contributed by atoms with Crippen LogP contribution in [-0.2, 0) is 9.59 Å². The number of ether oxygens (including phenoxy) is 1. The number of Topliss-reactive ketones (excluding diaryl/α,β-unsaturated/α-hetero) is 1. The molecule has 7 nitrogen and oxygen atoms in total. The Kier molecular flexibility index (Phi) is 7.01. The molecular weight excluding hydrogens is 486 g/mol. The smallest absolute Gasteiger partial charge is 0.301 e. The van der Waals surface area contributed by atoms with Crippen LogP contribution in [0.4, 0.5) is 5.13 Å². The molecule has 1 aliphatic rings. The highest BCUT2D eigenvalue weighted by atomic mass is 32.1. The van der Waals surface area contributed by atoms with Crippen LogP contribution in [0.25, 0.3) is 16.0 Å². The van der Waals surface area contributed by atoms with E-state index >= 15 is 0 Å². The number of anilines is 1. The SMILES string of the molecule is CCCCCOc1ccc(C2/C(=C(\O)c3ccncc3)C(=O)C(=O)N2c2nc3ccc(C)cc3s2)cc1. The van der Waals surface area contributed by atoms with Crippen LogP contribution in [0.1, 0.15) is 48.9 Å². The van der Waals surface area contributed by atoms with Gasteiger partial charge >= 0.3 is 5.91 Å². The largest absolute Gasteiger partial charge is 0.507 e. The molecule has 0 aliphatic carbocycles. The van der Waals surface area contributed by atoms with Crippen LogP contribution in [0.3, 0.4) is 0 Å². The van der Waals surface area contributed by atoms with Crippen molar-refractivity contribution in [3.8, 4) is 5.75 Å². The van der Waals surface area contributed by atoms with E-state index in [1.807, 2.05) is 49.4 Å². The van der Waals surface area contributed by atoms with Gasteiger partial charge in [0.25, 0.3) is 5.78 Å². The molecule has 1 N–H and O–H groups in total. The van der Waals surface area contributed by atoms with Crippen LogP contribution in [0.5, 0.6) is 5.75 Å². The minimum absolute atomic E-state index is 0.0169. The third kappa shape index (κ3) is 4.84. The standard InChI is InChI=1S/C29H27N3O4S/c1-3-4-5-16-36-21-9-7-19(8-10-21)25-24(26(33)20-12-14-30-15-13-20)27(34)28(35)32(25)29-31-22-11-6-18(2)17-23(22)37-29/h6-15,17,25,33H,3-5,16H2,1-2H3/b26-24+. The molecule has 3 heterocycles. The second kappa shape index (κ2) is 10.5. The van der Waals surface area contributed by atoms with E-state index in [1.165, 1.54) is 28.6 Å². The molecule has 2 aromatic heterocycles. The topological polar surface area (TPSA) is 92.6 Å². The van der Waals surface area contributed by atoms with Crippen LogP contribution in [0.15, 0.2) is 72.6 Å². The lowest BCUT2D eigenvalue weighted by Gasteiger charge is -2.23. The Hall–Kier alpha value is -4.04. The highest BCUT2D eigenvalue weighted by molar-refractivity contribution is 7.22. The molecule has 5 rings (SSSR count). The number of amides is 1. The number of pyridine rings is 1. The summed E-state index contributed by atoms with van der Waals surface area (Å²) in [7, 11) is 0. The van der Waals surface area contributed by atoms with E-state index in [9.17, 15) is 14.7 Å². The number of thiazole rings is 1. The number of benzene rings is 2. The van der Waals surface area contributed by atoms with Gasteiger partial charge in [0, 0.05) is 18.0 Å². The minimum Gasteiger partial charge on any atom is -0.507 e. The van der Waals surface area contributed by atoms with Crippen LogP contribution < -0.4 is 9.64 Å². The predicted octanol–water partition coefficient (Wildman–Crippen LogP) is 6.20. The van der Waals surface area contributed by atoms with Crippen molar-refractivity contribution in [1.29, 1.82) is 0 Å². The zero-order valence-electron chi connectivity index (χ0n) is 20.7. The predicted molar refractivity (Wildman–Crippen MR) is 145 cm³/mol. The lowest BCUT2D eigenvalue weighted by molar-refractivity contribution is -0.132. The summed E-state index contributed by atoms with van der Waals surface area (Å²) in [5.74, 6) is -1.02. The van der Waals surface area contributed by atoms with Crippen LogP contribution >= 0.6 is 11.3 Å². The summed E-state index contributed by atoms with van der Waals surface area (Å²) in [5.41, 5.74) is 2.92. The van der Waals surface area contributed by atoms with Gasteiger partial charge in [-0.3, -0.25) is 19.5 Å². The Bertz CT molecular complexity index is 1480. The van der Waals surface area contributed by atoms with Crippen molar-refractivity contribution in [3.05, 3.63) is 89.3 Å². The average Bonchev–Trinajstić information content (AvgIpc) is 3.44. The Balaban J connectivity index is 1.59. The number of carbonyl (C=O) groups is 2. The van der Waals surface area contributed by atoms with Crippen molar-refractivity contribution in [1.82, 2.24) is 9.97 Å². The fraction of sp³-hybridized carbons (Fsp3) is 0.241. The lowest BCUT2D eigenvalue weighted by atomic mass is 9.95. The van der Waals surface area contributed by atoms with Gasteiger partial charge in [0.1, 0.15) is 11.5 Å². The van der Waals surface area contributed by atoms with Gasteiger partial charge in [-0.1, -0.05) is 49.3 Å². The van der Waals surface area contributed by atoms with Crippen molar-refractivity contribution in [2.45, 2.75) is 39.2 Å². The molecule has 0 bridgehead atoms. The number of nitrogens with zero attached hydrogens (tertiary/aromatic N) is 3. The number of carbonyl (C=O) groups excluding carboxylic acids is 2. The van der Waals surface area contributed by atoms with E-state index < -0.39 is 17.7 Å². The molecule has 4 aromatic rings. The van der Waals surface area contributed by atoms with Crippen molar-refractivity contribution in [2.24, 2.45) is 0 Å². The summed E-state index contributed by atoms with van der Waals surface area (Å²) in [6.07, 6.45) is 6.25. The first kappa shape index (κ1) is 24.6. The van der Waals surface area contributed by atoms with Crippen LogP contribution in [0, 0.1) is 6.92 Å². The number of rotatable bonds is 8. The lowest BCUT2D eigenvalue weighted by Crippen LogP contribution is -2.29.